The predicted molar refractivity (Wildman–Crippen MR) is 128 cm³/mol. The van der Waals surface area contributed by atoms with Crippen molar-refractivity contribution in [3.63, 3.8) is 0 Å². The van der Waals surface area contributed by atoms with E-state index in [0.29, 0.717) is 29.2 Å². The van der Waals surface area contributed by atoms with Gasteiger partial charge in [-0.15, -0.1) is 0 Å². The molecule has 0 bridgehead atoms. The third kappa shape index (κ3) is 4.59. The minimum atomic E-state index is -0.883. The first-order valence-corrected chi connectivity index (χ1v) is 11.5. The normalized spacial score (nSPS) is 18.8. The van der Waals surface area contributed by atoms with Crippen molar-refractivity contribution in [2.75, 3.05) is 12.4 Å². The van der Waals surface area contributed by atoms with Gasteiger partial charge in [-0.25, -0.2) is 4.98 Å². The molecular formula is C26H33N3O3. The number of aliphatic carboxylic acids is 1. The number of hydrogen-bond acceptors (Lipinski definition) is 4. The predicted octanol–water partition coefficient (Wildman–Crippen LogP) is 6.29. The average Bonchev–Trinajstić information content (AvgIpc) is 3.09. The number of methoxy groups -OCH3 is 1. The van der Waals surface area contributed by atoms with Crippen molar-refractivity contribution < 1.29 is 14.6 Å². The van der Waals surface area contributed by atoms with E-state index in [4.69, 9.17) is 9.72 Å². The number of carboxylic acid groups (broad SMARTS) is 1. The van der Waals surface area contributed by atoms with Crippen molar-refractivity contribution in [2.45, 2.75) is 64.8 Å². The molecule has 1 aliphatic rings. The number of hydrogen-bond donors (Lipinski definition) is 2. The molecule has 0 amide bonds. The Morgan fingerprint density at radius 3 is 2.62 bits per heavy atom. The number of nitrogens with one attached hydrogen (secondary N) is 1. The van der Waals surface area contributed by atoms with Crippen LogP contribution in [0.2, 0.25) is 0 Å². The lowest BCUT2D eigenvalue weighted by Gasteiger charge is -2.29. The van der Waals surface area contributed by atoms with Crippen molar-refractivity contribution in [3.8, 4) is 5.75 Å². The van der Waals surface area contributed by atoms with E-state index in [-0.39, 0.29) is 6.42 Å². The highest BCUT2D eigenvalue weighted by Crippen LogP contribution is 2.39. The molecule has 2 aromatic carbocycles. The van der Waals surface area contributed by atoms with Crippen LogP contribution in [0.5, 0.6) is 5.75 Å². The zero-order valence-electron chi connectivity index (χ0n) is 19.4. The van der Waals surface area contributed by atoms with E-state index in [1.54, 1.807) is 7.11 Å². The molecular weight excluding hydrogens is 402 g/mol. The van der Waals surface area contributed by atoms with Gasteiger partial charge in [-0.05, 0) is 48.4 Å². The highest BCUT2D eigenvalue weighted by atomic mass is 16.5. The summed E-state index contributed by atoms with van der Waals surface area (Å²) in [6.07, 6.45) is 4.57. The Morgan fingerprint density at radius 2 is 2.00 bits per heavy atom. The quantitative estimate of drug-likeness (QED) is 0.456. The molecule has 1 heterocycles. The van der Waals surface area contributed by atoms with Gasteiger partial charge in [0.2, 0.25) is 5.95 Å². The highest BCUT2D eigenvalue weighted by Gasteiger charge is 2.26. The Kier molecular flexibility index (Phi) is 6.40. The van der Waals surface area contributed by atoms with Gasteiger partial charge < -0.3 is 19.7 Å². The second-order valence-electron chi connectivity index (χ2n) is 9.36. The Labute approximate surface area is 189 Å². The van der Waals surface area contributed by atoms with Crippen LogP contribution in [0.25, 0.3) is 11.0 Å². The number of rotatable bonds is 7. The van der Waals surface area contributed by atoms with E-state index in [1.165, 1.54) is 18.4 Å². The fraction of sp³-hybridized carbons (Fsp3) is 0.462. The lowest BCUT2D eigenvalue weighted by atomic mass is 9.87. The summed E-state index contributed by atoms with van der Waals surface area (Å²) in [5.74, 6) is 1.66. The van der Waals surface area contributed by atoms with E-state index in [9.17, 15) is 9.90 Å². The summed E-state index contributed by atoms with van der Waals surface area (Å²) < 4.78 is 7.86. The lowest BCUT2D eigenvalue weighted by Crippen LogP contribution is -2.19. The first kappa shape index (κ1) is 22.2. The van der Waals surface area contributed by atoms with Crippen LogP contribution in [-0.4, -0.2) is 27.7 Å². The third-order valence-corrected chi connectivity index (χ3v) is 6.54. The zero-order chi connectivity index (χ0) is 22.8. The standard InChI is InChI=1S/C26H33N3O3/c1-16(2)18-8-10-20(11-9-18)27-26-28-22-13-19(14-25(30)31)24(32-4)15-23(22)29(26)21-7-5-6-17(3)12-21/h8-11,13,15-17,21H,5-7,12,14H2,1-4H3,(H,27,28)(H,30,31). The van der Waals surface area contributed by atoms with Crippen molar-refractivity contribution in [1.29, 1.82) is 0 Å². The number of aromatic nitrogens is 2. The summed E-state index contributed by atoms with van der Waals surface area (Å²) >= 11 is 0. The molecule has 1 aliphatic carbocycles. The van der Waals surface area contributed by atoms with E-state index >= 15 is 0 Å². The number of carboxylic acids is 1. The minimum absolute atomic E-state index is 0.0914. The van der Waals surface area contributed by atoms with Crippen LogP contribution in [0.3, 0.4) is 0 Å². The molecule has 0 saturated heterocycles. The van der Waals surface area contributed by atoms with Crippen LogP contribution < -0.4 is 10.1 Å². The van der Waals surface area contributed by atoms with Gasteiger partial charge >= 0.3 is 5.97 Å². The summed E-state index contributed by atoms with van der Waals surface area (Å²) in [6, 6.07) is 12.6. The molecule has 0 radical (unpaired) electrons. The van der Waals surface area contributed by atoms with Crippen LogP contribution in [0, 0.1) is 5.92 Å². The molecule has 2 unspecified atom stereocenters. The van der Waals surface area contributed by atoms with E-state index in [1.807, 2.05) is 12.1 Å². The topological polar surface area (TPSA) is 76.4 Å². The second-order valence-corrected chi connectivity index (χ2v) is 9.36. The number of anilines is 2. The number of fused-ring (bicyclic) bond motifs is 1. The Hall–Kier alpha value is -3.02. The Morgan fingerprint density at radius 1 is 1.25 bits per heavy atom. The number of benzene rings is 2. The number of nitrogens with zero attached hydrogens (tertiary/aromatic N) is 2. The van der Waals surface area contributed by atoms with Crippen LogP contribution in [0.1, 0.15) is 69.5 Å². The summed E-state index contributed by atoms with van der Waals surface area (Å²) in [5.41, 5.74) is 4.71. The molecule has 1 fully saturated rings. The van der Waals surface area contributed by atoms with Gasteiger partial charge in [0.05, 0.1) is 24.6 Å². The van der Waals surface area contributed by atoms with Crippen molar-refractivity contribution in [3.05, 3.63) is 47.5 Å². The summed E-state index contributed by atoms with van der Waals surface area (Å²) in [5, 5.41) is 12.8. The first-order valence-electron chi connectivity index (χ1n) is 11.5. The maximum Gasteiger partial charge on any atom is 0.307 e. The molecule has 1 aromatic heterocycles. The second kappa shape index (κ2) is 9.23. The van der Waals surface area contributed by atoms with Gasteiger partial charge in [-0.1, -0.05) is 45.7 Å². The summed E-state index contributed by atoms with van der Waals surface area (Å²) in [4.78, 5) is 16.3. The van der Waals surface area contributed by atoms with E-state index < -0.39 is 5.97 Å². The van der Waals surface area contributed by atoms with E-state index in [2.05, 4.69) is 54.9 Å². The molecule has 0 spiro atoms. The number of imidazole rings is 1. The summed E-state index contributed by atoms with van der Waals surface area (Å²) in [7, 11) is 1.59. The molecule has 2 atom stereocenters. The number of carbonyl (C=O) groups is 1. The van der Waals surface area contributed by atoms with Crippen LogP contribution >= 0.6 is 0 Å². The Balaban J connectivity index is 1.80. The Bertz CT molecular complexity index is 1100. The van der Waals surface area contributed by atoms with Crippen LogP contribution in [0.15, 0.2) is 36.4 Å². The lowest BCUT2D eigenvalue weighted by molar-refractivity contribution is -0.136. The van der Waals surface area contributed by atoms with Crippen molar-refractivity contribution in [2.24, 2.45) is 5.92 Å². The zero-order valence-corrected chi connectivity index (χ0v) is 19.4. The third-order valence-electron chi connectivity index (χ3n) is 6.54. The van der Waals surface area contributed by atoms with E-state index in [0.717, 1.165) is 35.5 Å². The fourth-order valence-corrected chi connectivity index (χ4v) is 4.83. The molecule has 6 nitrogen and oxygen atoms in total. The molecule has 32 heavy (non-hydrogen) atoms. The largest absolute Gasteiger partial charge is 0.496 e. The first-order chi connectivity index (χ1) is 15.4. The van der Waals surface area contributed by atoms with Gasteiger partial charge in [0, 0.05) is 23.4 Å². The maximum absolute atomic E-state index is 11.4. The van der Waals surface area contributed by atoms with Crippen LogP contribution in [-0.2, 0) is 11.2 Å². The molecule has 3 aromatic rings. The maximum atomic E-state index is 11.4. The van der Waals surface area contributed by atoms with Crippen LogP contribution in [0.4, 0.5) is 11.6 Å². The van der Waals surface area contributed by atoms with Crippen molar-refractivity contribution >= 4 is 28.6 Å². The number of ether oxygens (including phenoxy) is 1. The minimum Gasteiger partial charge on any atom is -0.496 e. The van der Waals surface area contributed by atoms with Gasteiger partial charge in [-0.3, -0.25) is 4.79 Å². The molecule has 2 N–H and O–H groups in total. The smallest absolute Gasteiger partial charge is 0.307 e. The molecule has 0 aliphatic heterocycles. The summed E-state index contributed by atoms with van der Waals surface area (Å²) in [6.45, 7) is 6.69. The molecule has 1 saturated carbocycles. The highest BCUT2D eigenvalue weighted by molar-refractivity contribution is 5.84. The molecule has 6 heteroatoms. The van der Waals surface area contributed by atoms with Gasteiger partial charge in [0.1, 0.15) is 5.75 Å². The molecule has 4 rings (SSSR count). The molecule has 170 valence electrons. The van der Waals surface area contributed by atoms with Gasteiger partial charge in [0.15, 0.2) is 0 Å². The monoisotopic (exact) mass is 435 g/mol. The average molecular weight is 436 g/mol. The van der Waals surface area contributed by atoms with Gasteiger partial charge in [-0.2, -0.15) is 0 Å². The SMILES string of the molecule is COc1cc2c(cc1CC(=O)O)nc(Nc1ccc(C(C)C)cc1)n2C1CCCC(C)C1. The fourth-order valence-electron chi connectivity index (χ4n) is 4.83. The van der Waals surface area contributed by atoms with Crippen molar-refractivity contribution in [1.82, 2.24) is 9.55 Å². The van der Waals surface area contributed by atoms with Gasteiger partial charge in [0.25, 0.3) is 0 Å².